The Balaban J connectivity index is 0.999. The predicted octanol–water partition coefficient (Wildman–Crippen LogP) is 15.5. The Kier molecular flexibility index (Phi) is 8.48. The topological polar surface area (TPSA) is 43.6 Å². The van der Waals surface area contributed by atoms with Crippen LogP contribution in [0.25, 0.3) is 106 Å². The molecule has 0 saturated heterocycles. The predicted molar refractivity (Wildman–Crippen MR) is 274 cm³/mol. The minimum atomic E-state index is -0.216. The van der Waals surface area contributed by atoms with E-state index in [-0.39, 0.29) is 10.8 Å². The Bertz CT molecular complexity index is 3680. The number of para-hydroxylation sites is 1. The second kappa shape index (κ2) is 14.6. The number of nitrogens with zero attached hydrogens (tertiary/aromatic N) is 4. The molecule has 0 amide bonds. The van der Waals surface area contributed by atoms with Crippen LogP contribution in [0.2, 0.25) is 0 Å². The minimum absolute atomic E-state index is 0.170. The molecule has 11 aromatic rings. The maximum absolute atomic E-state index is 5.36. The van der Waals surface area contributed by atoms with Crippen LogP contribution in [-0.4, -0.2) is 19.5 Å². The van der Waals surface area contributed by atoms with Crippen LogP contribution >= 0.6 is 0 Å². The molecular weight excluding hydrogens is 813 g/mol. The fraction of sp³-hybridized carbons (Fsp3) is 0.0952. The van der Waals surface area contributed by atoms with Crippen molar-refractivity contribution in [3.8, 4) is 84.4 Å². The zero-order valence-corrected chi connectivity index (χ0v) is 37.8. The van der Waals surface area contributed by atoms with Crippen LogP contribution in [0.5, 0.6) is 0 Å². The number of fused-ring (bicyclic) bond motifs is 9. The molecule has 9 aromatic carbocycles. The molecule has 2 aromatic heterocycles. The maximum atomic E-state index is 5.36. The Morgan fingerprint density at radius 3 is 1.72 bits per heavy atom. The number of benzene rings is 8. The summed E-state index contributed by atoms with van der Waals surface area (Å²) < 4.78 is 2.39. The standard InChI is InChI=1S/C63H44N4/c1-62(2)52-26-13-11-23-47(52)49-32-29-43(37-54(49)62)60-64-59(65-61(66-60)44-30-33-50-48-24-12-14-27-53(48)63(3,4)55(50)38-44)42-20-15-19-41(35-42)46-25-16-28-57-58(46)51-36-40(39-17-7-5-8-18-39)31-34-56(51)67(57)45-21-9-6-10-22-45/h5-11,13-23,25-38H,1-4H3. The molecule has 0 N–H and O–H groups in total. The van der Waals surface area contributed by atoms with Crippen molar-refractivity contribution < 1.29 is 0 Å². The molecule has 4 heteroatoms. The molecule has 0 unspecified atom stereocenters. The van der Waals surface area contributed by atoms with Crippen molar-refractivity contribution in [3.05, 3.63) is 229 Å². The van der Waals surface area contributed by atoms with Gasteiger partial charge in [-0.05, 0) is 122 Å². The first-order valence-electron chi connectivity index (χ1n) is 23.1. The van der Waals surface area contributed by atoms with E-state index < -0.39 is 0 Å². The first-order valence-corrected chi connectivity index (χ1v) is 23.1. The van der Waals surface area contributed by atoms with Crippen LogP contribution in [0.4, 0.5) is 0 Å². The van der Waals surface area contributed by atoms with E-state index in [1.807, 2.05) is 6.07 Å². The van der Waals surface area contributed by atoms with Gasteiger partial charge in [0, 0.05) is 49.5 Å². The Hall–Kier alpha value is -8.39. The van der Waals surface area contributed by atoms with Gasteiger partial charge in [0.1, 0.15) is 0 Å². The van der Waals surface area contributed by atoms with E-state index in [1.165, 1.54) is 60.8 Å². The minimum Gasteiger partial charge on any atom is -0.309 e. The van der Waals surface area contributed by atoms with Crippen molar-refractivity contribution in [1.82, 2.24) is 19.5 Å². The zero-order chi connectivity index (χ0) is 45.0. The van der Waals surface area contributed by atoms with Gasteiger partial charge in [-0.3, -0.25) is 0 Å². The van der Waals surface area contributed by atoms with Crippen LogP contribution in [0, 0.1) is 12.1 Å². The van der Waals surface area contributed by atoms with Crippen LogP contribution in [-0.2, 0) is 10.8 Å². The average Bonchev–Trinajstić information content (AvgIpc) is 3.93. The molecule has 0 saturated carbocycles. The lowest BCUT2D eigenvalue weighted by Gasteiger charge is -2.22. The number of aromatic nitrogens is 4. The highest BCUT2D eigenvalue weighted by Crippen LogP contribution is 2.51. The summed E-state index contributed by atoms with van der Waals surface area (Å²) in [5.41, 5.74) is 20.5. The van der Waals surface area contributed by atoms with Gasteiger partial charge in [-0.15, -0.1) is 0 Å². The fourth-order valence-electron chi connectivity index (χ4n) is 11.1. The van der Waals surface area contributed by atoms with E-state index in [0.717, 1.165) is 50.1 Å². The first-order chi connectivity index (χ1) is 32.7. The van der Waals surface area contributed by atoms with Crippen molar-refractivity contribution in [2.45, 2.75) is 38.5 Å². The van der Waals surface area contributed by atoms with Crippen molar-refractivity contribution in [2.24, 2.45) is 0 Å². The van der Waals surface area contributed by atoms with E-state index in [2.05, 4.69) is 232 Å². The van der Waals surface area contributed by atoms with Crippen molar-refractivity contribution in [1.29, 1.82) is 0 Å². The normalized spacial score (nSPS) is 13.8. The molecule has 4 nitrogen and oxygen atoms in total. The third kappa shape index (κ3) is 5.98. The number of hydrogen-bond acceptors (Lipinski definition) is 3. The lowest BCUT2D eigenvalue weighted by Crippen LogP contribution is -2.15. The number of hydrogen-bond donors (Lipinski definition) is 0. The van der Waals surface area contributed by atoms with Gasteiger partial charge in [0.05, 0.1) is 11.0 Å². The van der Waals surface area contributed by atoms with E-state index >= 15 is 0 Å². The quantitative estimate of drug-likeness (QED) is 0.167. The third-order valence-corrected chi connectivity index (χ3v) is 14.5. The smallest absolute Gasteiger partial charge is 0.164 e. The highest BCUT2D eigenvalue weighted by atomic mass is 15.0. The largest absolute Gasteiger partial charge is 0.309 e. The molecule has 0 atom stereocenters. The molecule has 2 heterocycles. The van der Waals surface area contributed by atoms with Gasteiger partial charge in [-0.25, -0.2) is 15.0 Å². The second-order valence-corrected chi connectivity index (χ2v) is 19.1. The Labute approximate surface area is 391 Å². The molecule has 0 radical (unpaired) electrons. The van der Waals surface area contributed by atoms with Gasteiger partial charge in [-0.2, -0.15) is 0 Å². The molecule has 67 heavy (non-hydrogen) atoms. The zero-order valence-electron chi connectivity index (χ0n) is 37.8. The van der Waals surface area contributed by atoms with Crippen LogP contribution < -0.4 is 0 Å². The molecule has 13 rings (SSSR count). The Morgan fingerprint density at radius 2 is 0.955 bits per heavy atom. The van der Waals surface area contributed by atoms with Crippen LogP contribution in [0.15, 0.2) is 194 Å². The molecule has 0 fully saturated rings. The summed E-state index contributed by atoms with van der Waals surface area (Å²) in [7, 11) is 0. The van der Waals surface area contributed by atoms with E-state index in [1.54, 1.807) is 0 Å². The summed E-state index contributed by atoms with van der Waals surface area (Å²) in [6.07, 6.45) is 0. The Morgan fingerprint density at radius 1 is 0.388 bits per heavy atom. The summed E-state index contributed by atoms with van der Waals surface area (Å²) >= 11 is 0. The van der Waals surface area contributed by atoms with E-state index in [4.69, 9.17) is 15.0 Å². The molecule has 2 aliphatic carbocycles. The molecule has 2 aliphatic rings. The van der Waals surface area contributed by atoms with Crippen LogP contribution in [0.3, 0.4) is 0 Å². The van der Waals surface area contributed by atoms with Gasteiger partial charge in [0.25, 0.3) is 0 Å². The molecule has 316 valence electrons. The lowest BCUT2D eigenvalue weighted by molar-refractivity contribution is 0.660. The van der Waals surface area contributed by atoms with Crippen molar-refractivity contribution in [2.75, 3.05) is 0 Å². The van der Waals surface area contributed by atoms with Crippen molar-refractivity contribution in [3.63, 3.8) is 0 Å². The summed E-state index contributed by atoms with van der Waals surface area (Å²) in [6, 6.07) is 76.4. The van der Waals surface area contributed by atoms with Gasteiger partial charge in [0.2, 0.25) is 0 Å². The van der Waals surface area contributed by atoms with E-state index in [9.17, 15) is 0 Å². The van der Waals surface area contributed by atoms with Crippen LogP contribution in [0.1, 0.15) is 49.9 Å². The maximum Gasteiger partial charge on any atom is 0.164 e. The fourth-order valence-corrected chi connectivity index (χ4v) is 11.1. The third-order valence-electron chi connectivity index (χ3n) is 14.5. The SMILES string of the molecule is CC1(C)c2ccc#cc2-c2ccc(-c3nc(-c4cccc(-c5cccc6c5c5cc(-c7ccccc7)ccc5n6-c5ccccc5)c4)nc(-c4ccc5c(c4)C(C)(C)c4ccccc4-5)n3)cc21. The number of rotatable bonds is 6. The van der Waals surface area contributed by atoms with Crippen molar-refractivity contribution >= 4 is 21.8 Å². The molecule has 0 aliphatic heterocycles. The highest BCUT2D eigenvalue weighted by Gasteiger charge is 2.37. The lowest BCUT2D eigenvalue weighted by atomic mass is 9.82. The summed E-state index contributed by atoms with van der Waals surface area (Å²) in [4.78, 5) is 16.0. The molecule has 0 bridgehead atoms. The summed E-state index contributed by atoms with van der Waals surface area (Å²) in [6.45, 7) is 9.21. The molecule has 0 spiro atoms. The van der Waals surface area contributed by atoms with Gasteiger partial charge in [-0.1, -0.05) is 173 Å². The second-order valence-electron chi connectivity index (χ2n) is 19.1. The monoisotopic (exact) mass is 856 g/mol. The van der Waals surface area contributed by atoms with Gasteiger partial charge < -0.3 is 4.57 Å². The van der Waals surface area contributed by atoms with Gasteiger partial charge in [0.15, 0.2) is 17.5 Å². The molecular formula is C63H44N4. The summed E-state index contributed by atoms with van der Waals surface area (Å²) in [5, 5.41) is 2.40. The first kappa shape index (κ1) is 39.0. The van der Waals surface area contributed by atoms with E-state index in [0.29, 0.717) is 17.5 Å². The van der Waals surface area contributed by atoms with Gasteiger partial charge >= 0.3 is 0 Å². The summed E-state index contributed by atoms with van der Waals surface area (Å²) in [5.74, 6) is 1.91. The highest BCUT2D eigenvalue weighted by molar-refractivity contribution is 6.16. The average molecular weight is 857 g/mol.